The Balaban J connectivity index is 1.54. The highest BCUT2D eigenvalue weighted by Gasteiger charge is 2.33. The normalized spacial score (nSPS) is 17.5. The Hall–Kier alpha value is -2.77. The number of hydrogen-bond acceptors (Lipinski definition) is 5. The molecule has 1 saturated heterocycles. The SMILES string of the molecule is CCN1C[C@@H](C(=O)NCc2ccc(-n3cncn3)nc2)CC1=O. The maximum Gasteiger partial charge on any atom is 0.225 e. The predicted octanol–water partition coefficient (Wildman–Crippen LogP) is 0.147. The van der Waals surface area contributed by atoms with E-state index in [1.165, 1.54) is 6.33 Å². The molecule has 0 aliphatic carbocycles. The molecule has 0 unspecified atom stereocenters. The van der Waals surface area contributed by atoms with E-state index in [2.05, 4.69) is 20.4 Å². The molecule has 0 saturated carbocycles. The van der Waals surface area contributed by atoms with Gasteiger partial charge in [-0.05, 0) is 18.6 Å². The maximum atomic E-state index is 12.1. The zero-order valence-corrected chi connectivity index (χ0v) is 12.8. The average Bonchev–Trinajstić information content (AvgIpc) is 3.22. The number of nitrogens with one attached hydrogen (secondary N) is 1. The van der Waals surface area contributed by atoms with Crippen LogP contribution in [0.3, 0.4) is 0 Å². The topological polar surface area (TPSA) is 93.0 Å². The van der Waals surface area contributed by atoms with Gasteiger partial charge in [-0.1, -0.05) is 6.07 Å². The number of carbonyl (C=O) groups excluding carboxylic acids is 2. The van der Waals surface area contributed by atoms with Crippen LogP contribution in [0.4, 0.5) is 0 Å². The zero-order chi connectivity index (χ0) is 16.2. The molecule has 0 bridgehead atoms. The molecule has 23 heavy (non-hydrogen) atoms. The van der Waals surface area contributed by atoms with Crippen molar-refractivity contribution in [1.29, 1.82) is 0 Å². The summed E-state index contributed by atoms with van der Waals surface area (Å²) in [7, 11) is 0. The smallest absolute Gasteiger partial charge is 0.225 e. The fraction of sp³-hybridized carbons (Fsp3) is 0.400. The van der Waals surface area contributed by atoms with Crippen molar-refractivity contribution in [1.82, 2.24) is 30.0 Å². The second-order valence-corrected chi connectivity index (χ2v) is 5.42. The minimum Gasteiger partial charge on any atom is -0.352 e. The number of carbonyl (C=O) groups is 2. The number of rotatable bonds is 5. The molecule has 8 heteroatoms. The quantitative estimate of drug-likeness (QED) is 0.848. The number of nitrogens with zero attached hydrogens (tertiary/aromatic N) is 5. The van der Waals surface area contributed by atoms with Crippen LogP contribution in [-0.2, 0) is 16.1 Å². The van der Waals surface area contributed by atoms with Gasteiger partial charge in [-0.2, -0.15) is 5.10 Å². The third kappa shape index (κ3) is 3.36. The maximum absolute atomic E-state index is 12.1. The molecule has 0 radical (unpaired) electrons. The third-order valence-electron chi connectivity index (χ3n) is 3.90. The van der Waals surface area contributed by atoms with E-state index in [0.29, 0.717) is 31.9 Å². The number of hydrogen-bond donors (Lipinski definition) is 1. The molecule has 3 rings (SSSR count). The van der Waals surface area contributed by atoms with Gasteiger partial charge in [-0.25, -0.2) is 14.6 Å². The van der Waals surface area contributed by atoms with Crippen molar-refractivity contribution in [3.63, 3.8) is 0 Å². The van der Waals surface area contributed by atoms with Crippen LogP contribution in [0.5, 0.6) is 0 Å². The molecule has 1 aliphatic rings. The van der Waals surface area contributed by atoms with Crippen LogP contribution < -0.4 is 5.32 Å². The first-order valence-electron chi connectivity index (χ1n) is 7.52. The van der Waals surface area contributed by atoms with Crippen molar-refractivity contribution >= 4 is 11.8 Å². The summed E-state index contributed by atoms with van der Waals surface area (Å²) in [6.45, 7) is 3.46. The lowest BCUT2D eigenvalue weighted by atomic mass is 10.1. The lowest BCUT2D eigenvalue weighted by molar-refractivity contribution is -0.128. The minimum absolute atomic E-state index is 0.0477. The summed E-state index contributed by atoms with van der Waals surface area (Å²) in [5, 5.41) is 6.87. The average molecular weight is 314 g/mol. The minimum atomic E-state index is -0.259. The van der Waals surface area contributed by atoms with Gasteiger partial charge in [0.2, 0.25) is 11.8 Å². The standard InChI is InChI=1S/C15H18N6O2/c1-2-20-8-12(5-14(20)22)15(23)18-7-11-3-4-13(17-6-11)21-10-16-9-19-21/h3-4,6,9-10,12H,2,5,7-8H2,1H3,(H,18,23)/t12-/m0/s1. The van der Waals surface area contributed by atoms with Crippen LogP contribution in [-0.4, -0.2) is 49.6 Å². The van der Waals surface area contributed by atoms with E-state index in [-0.39, 0.29) is 17.7 Å². The highest BCUT2D eigenvalue weighted by molar-refractivity contribution is 5.89. The van der Waals surface area contributed by atoms with Gasteiger partial charge in [0, 0.05) is 32.3 Å². The van der Waals surface area contributed by atoms with E-state index < -0.39 is 0 Å². The van der Waals surface area contributed by atoms with Crippen molar-refractivity contribution in [2.75, 3.05) is 13.1 Å². The molecule has 0 aromatic carbocycles. The molecule has 3 heterocycles. The highest BCUT2D eigenvalue weighted by atomic mass is 16.2. The van der Waals surface area contributed by atoms with Crippen molar-refractivity contribution in [3.05, 3.63) is 36.5 Å². The van der Waals surface area contributed by atoms with Crippen molar-refractivity contribution < 1.29 is 9.59 Å². The Morgan fingerprint density at radius 3 is 2.91 bits per heavy atom. The number of likely N-dealkylation sites (tertiary alicyclic amines) is 1. The van der Waals surface area contributed by atoms with Crippen LogP contribution in [0.2, 0.25) is 0 Å². The monoisotopic (exact) mass is 314 g/mol. The molecule has 120 valence electrons. The van der Waals surface area contributed by atoms with E-state index >= 15 is 0 Å². The van der Waals surface area contributed by atoms with E-state index in [1.54, 1.807) is 22.1 Å². The summed E-state index contributed by atoms with van der Waals surface area (Å²) >= 11 is 0. The molecular formula is C15H18N6O2. The Morgan fingerprint density at radius 1 is 1.43 bits per heavy atom. The zero-order valence-electron chi connectivity index (χ0n) is 12.8. The summed E-state index contributed by atoms with van der Waals surface area (Å²) in [4.78, 5) is 33.7. The summed E-state index contributed by atoms with van der Waals surface area (Å²) in [5.74, 6) is 0.364. The first kappa shape index (κ1) is 15.1. The molecule has 1 N–H and O–H groups in total. The van der Waals surface area contributed by atoms with Crippen LogP contribution in [0.15, 0.2) is 31.0 Å². The van der Waals surface area contributed by atoms with Gasteiger partial charge in [0.15, 0.2) is 5.82 Å². The van der Waals surface area contributed by atoms with Gasteiger partial charge < -0.3 is 10.2 Å². The Kier molecular flexibility index (Phi) is 4.31. The lowest BCUT2D eigenvalue weighted by Crippen LogP contribution is -2.32. The van der Waals surface area contributed by atoms with Crippen LogP contribution in [0, 0.1) is 5.92 Å². The van der Waals surface area contributed by atoms with Crippen molar-refractivity contribution in [2.24, 2.45) is 5.92 Å². The highest BCUT2D eigenvalue weighted by Crippen LogP contribution is 2.17. The molecule has 8 nitrogen and oxygen atoms in total. The molecule has 2 aromatic rings. The fourth-order valence-electron chi connectivity index (χ4n) is 2.57. The molecule has 2 aromatic heterocycles. The summed E-state index contributed by atoms with van der Waals surface area (Å²) in [6.07, 6.45) is 5.00. The van der Waals surface area contributed by atoms with Gasteiger partial charge in [-0.15, -0.1) is 0 Å². The lowest BCUT2D eigenvalue weighted by Gasteiger charge is -2.13. The van der Waals surface area contributed by atoms with Gasteiger partial charge in [0.1, 0.15) is 12.7 Å². The predicted molar refractivity (Wildman–Crippen MR) is 81.4 cm³/mol. The van der Waals surface area contributed by atoms with Crippen LogP contribution >= 0.6 is 0 Å². The molecule has 1 atom stereocenters. The Morgan fingerprint density at radius 2 is 2.30 bits per heavy atom. The van der Waals surface area contributed by atoms with Crippen LogP contribution in [0.25, 0.3) is 5.82 Å². The molecule has 2 amide bonds. The van der Waals surface area contributed by atoms with E-state index in [1.807, 2.05) is 19.1 Å². The fourth-order valence-corrected chi connectivity index (χ4v) is 2.57. The van der Waals surface area contributed by atoms with Gasteiger partial charge in [-0.3, -0.25) is 9.59 Å². The second-order valence-electron chi connectivity index (χ2n) is 5.42. The number of aromatic nitrogens is 4. The van der Waals surface area contributed by atoms with E-state index in [4.69, 9.17) is 0 Å². The number of amides is 2. The van der Waals surface area contributed by atoms with E-state index in [9.17, 15) is 9.59 Å². The summed E-state index contributed by atoms with van der Waals surface area (Å²) in [5.41, 5.74) is 0.888. The summed E-state index contributed by atoms with van der Waals surface area (Å²) in [6, 6.07) is 3.69. The van der Waals surface area contributed by atoms with Gasteiger partial charge >= 0.3 is 0 Å². The van der Waals surface area contributed by atoms with E-state index in [0.717, 1.165) is 5.56 Å². The molecule has 1 fully saturated rings. The first-order valence-corrected chi connectivity index (χ1v) is 7.52. The van der Waals surface area contributed by atoms with Crippen molar-refractivity contribution in [3.8, 4) is 5.82 Å². The Labute approximate surface area is 133 Å². The molecule has 0 spiro atoms. The number of pyridine rings is 1. The molecule has 1 aliphatic heterocycles. The molecular weight excluding hydrogens is 296 g/mol. The third-order valence-corrected chi connectivity index (χ3v) is 3.90. The van der Waals surface area contributed by atoms with Gasteiger partial charge in [0.05, 0.1) is 5.92 Å². The van der Waals surface area contributed by atoms with Gasteiger partial charge in [0.25, 0.3) is 0 Å². The van der Waals surface area contributed by atoms with Crippen molar-refractivity contribution in [2.45, 2.75) is 19.9 Å². The second kappa shape index (κ2) is 6.55. The largest absolute Gasteiger partial charge is 0.352 e. The van der Waals surface area contributed by atoms with Crippen LogP contribution in [0.1, 0.15) is 18.9 Å². The Bertz CT molecular complexity index is 683. The summed E-state index contributed by atoms with van der Waals surface area (Å²) < 4.78 is 1.56. The first-order chi connectivity index (χ1) is 11.2.